The van der Waals surface area contributed by atoms with E-state index in [2.05, 4.69) is 18.7 Å². The van der Waals surface area contributed by atoms with Gasteiger partial charge in [0.25, 0.3) is 0 Å². The average Bonchev–Trinajstić information content (AvgIpc) is 2.45. The average molecular weight is 252 g/mol. The molecule has 0 spiro atoms. The molecule has 0 aliphatic rings. The summed E-state index contributed by atoms with van der Waals surface area (Å²) in [5.41, 5.74) is 1.98. The molecule has 1 rings (SSSR count). The first-order valence-corrected chi connectivity index (χ1v) is 6.77. The van der Waals surface area contributed by atoms with E-state index in [9.17, 15) is 0 Å². The van der Waals surface area contributed by atoms with Crippen LogP contribution in [0.2, 0.25) is 0 Å². The van der Waals surface area contributed by atoms with Crippen molar-refractivity contribution in [2.45, 2.75) is 38.5 Å². The Morgan fingerprint density at radius 3 is 2.47 bits per heavy atom. The molecule has 1 atom stereocenters. The summed E-state index contributed by atoms with van der Waals surface area (Å²) in [6.07, 6.45) is 7.83. The van der Waals surface area contributed by atoms with E-state index in [0.29, 0.717) is 17.9 Å². The Hall–Kier alpha value is -2.06. The molecule has 0 saturated carbocycles. The number of rotatable bonds is 8. The molecule has 0 heterocycles. The van der Waals surface area contributed by atoms with Gasteiger partial charge in [0.15, 0.2) is 0 Å². The van der Waals surface area contributed by atoms with E-state index >= 15 is 0 Å². The number of aryl methyl sites for hydroxylation is 1. The van der Waals surface area contributed by atoms with Gasteiger partial charge in [-0.05, 0) is 55.7 Å². The van der Waals surface area contributed by atoms with Crippen LogP contribution in [0.3, 0.4) is 0 Å². The summed E-state index contributed by atoms with van der Waals surface area (Å²) in [6, 6.07) is 12.1. The van der Waals surface area contributed by atoms with Gasteiger partial charge >= 0.3 is 0 Å². The number of hydrogen-bond donors (Lipinski definition) is 0. The van der Waals surface area contributed by atoms with Crippen LogP contribution in [-0.4, -0.2) is 0 Å². The zero-order valence-electron chi connectivity index (χ0n) is 11.3. The molecule has 0 amide bonds. The van der Waals surface area contributed by atoms with Crippen LogP contribution in [0.1, 0.15) is 43.2 Å². The summed E-state index contributed by atoms with van der Waals surface area (Å²) < 4.78 is 0. The number of benzene rings is 1. The first kappa shape index (κ1) is 15.0. The van der Waals surface area contributed by atoms with Gasteiger partial charge in [0.1, 0.15) is 0 Å². The molecule has 0 N–H and O–H groups in total. The summed E-state index contributed by atoms with van der Waals surface area (Å²) in [6.45, 7) is 3.81. The first-order chi connectivity index (χ1) is 9.30. The van der Waals surface area contributed by atoms with Gasteiger partial charge in [0.2, 0.25) is 0 Å². The molecule has 0 fully saturated rings. The topological polar surface area (TPSA) is 47.6 Å². The lowest BCUT2D eigenvalue weighted by molar-refractivity contribution is 0.444. The fourth-order valence-corrected chi connectivity index (χ4v) is 2.20. The Balaban J connectivity index is 2.43. The zero-order valence-corrected chi connectivity index (χ0v) is 11.3. The number of nitrogens with zero attached hydrogens (tertiary/aromatic N) is 2. The largest absolute Gasteiger partial charge is 0.198 e. The second-order valence-corrected chi connectivity index (χ2v) is 4.79. The molecule has 0 bridgehead atoms. The molecule has 98 valence electrons. The predicted molar refractivity (Wildman–Crippen MR) is 77.2 cm³/mol. The molecule has 0 aliphatic carbocycles. The number of nitriles is 2. The molecule has 19 heavy (non-hydrogen) atoms. The van der Waals surface area contributed by atoms with Gasteiger partial charge in [-0.15, -0.1) is 6.58 Å². The summed E-state index contributed by atoms with van der Waals surface area (Å²) >= 11 is 0. The van der Waals surface area contributed by atoms with Gasteiger partial charge in [-0.25, -0.2) is 0 Å². The lowest BCUT2D eigenvalue weighted by Crippen LogP contribution is -2.01. The van der Waals surface area contributed by atoms with Crippen LogP contribution in [0.15, 0.2) is 36.9 Å². The fraction of sp³-hybridized carbons (Fsp3) is 0.412. The fourth-order valence-electron chi connectivity index (χ4n) is 2.20. The highest BCUT2D eigenvalue weighted by Crippen LogP contribution is 2.20. The number of unbranched alkanes of at least 4 members (excludes halogenated alkanes) is 1. The van der Waals surface area contributed by atoms with E-state index in [1.807, 2.05) is 30.3 Å². The summed E-state index contributed by atoms with van der Waals surface area (Å²) in [5, 5.41) is 17.3. The minimum atomic E-state index is 0.612. The third-order valence-electron chi connectivity index (χ3n) is 3.33. The predicted octanol–water partition coefficient (Wildman–Crippen LogP) is 4.38. The third kappa shape index (κ3) is 5.89. The highest BCUT2D eigenvalue weighted by molar-refractivity contribution is 5.31. The Morgan fingerprint density at radius 2 is 1.89 bits per heavy atom. The molecule has 0 saturated heterocycles. The zero-order chi connectivity index (χ0) is 13.9. The van der Waals surface area contributed by atoms with Crippen LogP contribution < -0.4 is 0 Å². The molecular formula is C17H20N2. The summed E-state index contributed by atoms with van der Waals surface area (Å²) in [4.78, 5) is 0. The third-order valence-corrected chi connectivity index (χ3v) is 3.33. The van der Waals surface area contributed by atoms with Gasteiger partial charge in [-0.1, -0.05) is 18.2 Å². The second-order valence-electron chi connectivity index (χ2n) is 4.79. The number of hydrogen-bond acceptors (Lipinski definition) is 2. The lowest BCUT2D eigenvalue weighted by Gasteiger charge is -2.14. The molecule has 1 unspecified atom stereocenters. The standard InChI is InChI=1S/C17H20N2/c1-2-5-15(6-3-4-13-18)7-8-16-9-11-17(14-19)12-10-16/h2,9-12,15H,1,3-8H2. The molecule has 1 aromatic rings. The second kappa shape index (κ2) is 8.95. The Morgan fingerprint density at radius 1 is 1.16 bits per heavy atom. The van der Waals surface area contributed by atoms with Gasteiger partial charge in [-0.3, -0.25) is 0 Å². The van der Waals surface area contributed by atoms with Crippen LogP contribution in [0, 0.1) is 28.6 Å². The van der Waals surface area contributed by atoms with Crippen molar-refractivity contribution in [1.29, 1.82) is 10.5 Å². The number of allylic oxidation sites excluding steroid dienone is 1. The molecular weight excluding hydrogens is 232 g/mol. The Labute approximate surface area is 116 Å². The van der Waals surface area contributed by atoms with Crippen molar-refractivity contribution in [3.8, 4) is 12.1 Å². The minimum absolute atomic E-state index is 0.612. The highest BCUT2D eigenvalue weighted by Gasteiger charge is 2.07. The van der Waals surface area contributed by atoms with Crippen molar-refractivity contribution in [2.24, 2.45) is 5.92 Å². The van der Waals surface area contributed by atoms with E-state index in [4.69, 9.17) is 10.5 Å². The maximum Gasteiger partial charge on any atom is 0.0991 e. The molecule has 0 aliphatic heterocycles. The smallest absolute Gasteiger partial charge is 0.0991 e. The summed E-state index contributed by atoms with van der Waals surface area (Å²) in [7, 11) is 0. The van der Waals surface area contributed by atoms with Crippen molar-refractivity contribution in [3.63, 3.8) is 0 Å². The van der Waals surface area contributed by atoms with Crippen LogP contribution >= 0.6 is 0 Å². The Kier molecular flexibility index (Phi) is 7.06. The van der Waals surface area contributed by atoms with Crippen molar-refractivity contribution in [1.82, 2.24) is 0 Å². The van der Waals surface area contributed by atoms with Crippen LogP contribution in [0.4, 0.5) is 0 Å². The SMILES string of the molecule is C=CCC(CCCC#N)CCc1ccc(C#N)cc1. The molecule has 1 aromatic carbocycles. The maximum absolute atomic E-state index is 8.75. The van der Waals surface area contributed by atoms with Gasteiger partial charge in [0.05, 0.1) is 17.7 Å². The first-order valence-electron chi connectivity index (χ1n) is 6.77. The van der Waals surface area contributed by atoms with Crippen molar-refractivity contribution in [2.75, 3.05) is 0 Å². The van der Waals surface area contributed by atoms with E-state index < -0.39 is 0 Å². The highest BCUT2D eigenvalue weighted by atomic mass is 14.2. The van der Waals surface area contributed by atoms with Gasteiger partial charge in [-0.2, -0.15) is 10.5 Å². The van der Waals surface area contributed by atoms with E-state index in [0.717, 1.165) is 32.1 Å². The lowest BCUT2D eigenvalue weighted by atomic mass is 9.91. The van der Waals surface area contributed by atoms with Crippen LogP contribution in [0.5, 0.6) is 0 Å². The van der Waals surface area contributed by atoms with Crippen molar-refractivity contribution in [3.05, 3.63) is 48.0 Å². The van der Waals surface area contributed by atoms with Crippen LogP contribution in [-0.2, 0) is 6.42 Å². The molecule has 2 heteroatoms. The Bertz CT molecular complexity index is 460. The van der Waals surface area contributed by atoms with E-state index in [-0.39, 0.29) is 0 Å². The summed E-state index contributed by atoms with van der Waals surface area (Å²) in [5.74, 6) is 0.612. The minimum Gasteiger partial charge on any atom is -0.198 e. The van der Waals surface area contributed by atoms with Gasteiger partial charge in [0, 0.05) is 6.42 Å². The van der Waals surface area contributed by atoms with Gasteiger partial charge < -0.3 is 0 Å². The monoisotopic (exact) mass is 252 g/mol. The molecule has 0 radical (unpaired) electrons. The van der Waals surface area contributed by atoms with E-state index in [1.54, 1.807) is 0 Å². The van der Waals surface area contributed by atoms with Crippen molar-refractivity contribution < 1.29 is 0 Å². The van der Waals surface area contributed by atoms with E-state index in [1.165, 1.54) is 5.56 Å². The quantitative estimate of drug-likeness (QED) is 0.509. The van der Waals surface area contributed by atoms with Crippen LogP contribution in [0.25, 0.3) is 0 Å². The maximum atomic E-state index is 8.75. The van der Waals surface area contributed by atoms with Crippen molar-refractivity contribution >= 4 is 0 Å². The normalized spacial score (nSPS) is 11.3. The molecule has 0 aromatic heterocycles. The molecule has 2 nitrogen and oxygen atoms in total.